The molecule has 1 aliphatic carbocycles. The van der Waals surface area contributed by atoms with Gasteiger partial charge in [-0.3, -0.25) is 4.79 Å². The zero-order valence-corrected chi connectivity index (χ0v) is 16.7. The Balaban J connectivity index is 1.62. The maximum absolute atomic E-state index is 12.7. The molecule has 6 nitrogen and oxygen atoms in total. The Bertz CT molecular complexity index is 1130. The Labute approximate surface area is 172 Å². The summed E-state index contributed by atoms with van der Waals surface area (Å²) in [6.07, 6.45) is 4.14. The highest BCUT2D eigenvalue weighted by atomic mass is 35.5. The summed E-state index contributed by atoms with van der Waals surface area (Å²) in [5.74, 6) is -0.407. The van der Waals surface area contributed by atoms with Crippen LogP contribution in [0.15, 0.2) is 47.4 Å². The highest BCUT2D eigenvalue weighted by Gasteiger charge is 2.27. The molecule has 0 amide bonds. The fraction of sp³-hybridized carbons (Fsp3) is 0.273. The summed E-state index contributed by atoms with van der Waals surface area (Å²) >= 11 is 6.47. The van der Waals surface area contributed by atoms with Gasteiger partial charge in [0.15, 0.2) is 0 Å². The average Bonchev–Trinajstić information content (AvgIpc) is 3.54. The number of nitrogens with zero attached hydrogens (tertiary/aromatic N) is 1. The Kier molecular flexibility index (Phi) is 5.20. The van der Waals surface area contributed by atoms with E-state index in [0.717, 1.165) is 30.6 Å². The van der Waals surface area contributed by atoms with Crippen molar-refractivity contribution in [3.05, 3.63) is 69.0 Å². The molecule has 0 saturated heterocycles. The van der Waals surface area contributed by atoms with Crippen molar-refractivity contribution in [2.24, 2.45) is 0 Å². The van der Waals surface area contributed by atoms with E-state index in [1.807, 2.05) is 28.8 Å². The third-order valence-electron chi connectivity index (χ3n) is 5.18. The smallest absolute Gasteiger partial charge is 0.341 e. The summed E-state index contributed by atoms with van der Waals surface area (Å²) < 4.78 is 7.03. The van der Waals surface area contributed by atoms with Gasteiger partial charge in [-0.1, -0.05) is 23.7 Å². The topological polar surface area (TPSA) is 80.6 Å². The summed E-state index contributed by atoms with van der Waals surface area (Å²) in [7, 11) is 1.63. The Morgan fingerprint density at radius 3 is 2.62 bits per heavy atom. The fourth-order valence-corrected chi connectivity index (χ4v) is 3.67. The molecule has 1 saturated carbocycles. The number of carboxylic acid groups (broad SMARTS) is 1. The molecule has 1 aromatic heterocycles. The van der Waals surface area contributed by atoms with Crippen molar-refractivity contribution in [1.29, 1.82) is 0 Å². The van der Waals surface area contributed by atoms with Gasteiger partial charge in [0, 0.05) is 24.2 Å². The third kappa shape index (κ3) is 3.93. The summed E-state index contributed by atoms with van der Waals surface area (Å²) in [4.78, 5) is 24.2. The van der Waals surface area contributed by atoms with Crippen LogP contribution in [0.25, 0.3) is 10.9 Å². The van der Waals surface area contributed by atoms with E-state index in [9.17, 15) is 14.7 Å². The minimum absolute atomic E-state index is 0.212. The first kappa shape index (κ1) is 19.3. The van der Waals surface area contributed by atoms with Crippen LogP contribution in [0.4, 0.5) is 5.69 Å². The number of ether oxygens (including phenoxy) is 1. The summed E-state index contributed by atoms with van der Waals surface area (Å²) in [6.45, 7) is 0.618. The van der Waals surface area contributed by atoms with Crippen molar-refractivity contribution >= 4 is 34.2 Å². The number of fused-ring (bicyclic) bond motifs is 1. The minimum Gasteiger partial charge on any atom is -0.497 e. The van der Waals surface area contributed by atoms with Crippen LogP contribution in [0.5, 0.6) is 5.75 Å². The van der Waals surface area contributed by atoms with E-state index < -0.39 is 11.4 Å². The van der Waals surface area contributed by atoms with Crippen molar-refractivity contribution in [3.63, 3.8) is 0 Å². The van der Waals surface area contributed by atoms with E-state index in [1.165, 1.54) is 6.20 Å². The Hall–Kier alpha value is -2.99. The van der Waals surface area contributed by atoms with Crippen LogP contribution in [-0.4, -0.2) is 29.3 Å². The van der Waals surface area contributed by atoms with Crippen LogP contribution in [0.2, 0.25) is 5.02 Å². The van der Waals surface area contributed by atoms with Crippen LogP contribution in [0, 0.1) is 0 Å². The van der Waals surface area contributed by atoms with Gasteiger partial charge in [-0.2, -0.15) is 0 Å². The van der Waals surface area contributed by atoms with Crippen molar-refractivity contribution in [1.82, 2.24) is 4.57 Å². The molecule has 4 rings (SSSR count). The molecule has 1 aliphatic rings. The molecule has 29 heavy (non-hydrogen) atoms. The molecule has 0 unspecified atom stereocenters. The predicted octanol–water partition coefficient (Wildman–Crippen LogP) is 4.35. The highest BCUT2D eigenvalue weighted by molar-refractivity contribution is 6.34. The number of nitrogens with one attached hydrogen (secondary N) is 1. The average molecular weight is 413 g/mol. The van der Waals surface area contributed by atoms with Crippen molar-refractivity contribution in [3.8, 4) is 5.75 Å². The number of benzene rings is 2. The van der Waals surface area contributed by atoms with Gasteiger partial charge < -0.3 is 19.7 Å². The highest BCUT2D eigenvalue weighted by Crippen LogP contribution is 2.38. The lowest BCUT2D eigenvalue weighted by molar-refractivity contribution is 0.0695. The second-order valence-electron chi connectivity index (χ2n) is 7.19. The van der Waals surface area contributed by atoms with Gasteiger partial charge >= 0.3 is 5.97 Å². The SMILES string of the molecule is COc1ccc(CCNc2cc3c(=O)c(C(=O)O)cn(C4CC4)c3cc2Cl)cc1. The standard InChI is InChI=1S/C22H21ClN2O4/c1-29-15-6-2-13(3-7-15)8-9-24-19-10-16-20(11-18(19)23)25(14-4-5-14)12-17(21(16)26)22(27)28/h2-3,6-7,10-12,14,24H,4-5,8-9H2,1H3,(H,27,28). The molecule has 0 bridgehead atoms. The van der Waals surface area contributed by atoms with Crippen LogP contribution in [0.1, 0.15) is 34.8 Å². The van der Waals surface area contributed by atoms with E-state index in [-0.39, 0.29) is 11.6 Å². The second kappa shape index (κ2) is 7.79. The van der Waals surface area contributed by atoms with Crippen molar-refractivity contribution in [2.45, 2.75) is 25.3 Å². The number of carbonyl (C=O) groups is 1. The number of aromatic nitrogens is 1. The van der Waals surface area contributed by atoms with E-state index in [0.29, 0.717) is 28.2 Å². The summed E-state index contributed by atoms with van der Waals surface area (Å²) in [6, 6.07) is 11.4. The summed E-state index contributed by atoms with van der Waals surface area (Å²) in [5.41, 5.74) is 1.73. The number of hydrogen-bond acceptors (Lipinski definition) is 4. The molecule has 7 heteroatoms. The number of anilines is 1. The first-order chi connectivity index (χ1) is 14.0. The molecule has 1 fully saturated rings. The van der Waals surface area contributed by atoms with Gasteiger partial charge in [0.1, 0.15) is 11.3 Å². The van der Waals surface area contributed by atoms with Crippen LogP contribution < -0.4 is 15.5 Å². The molecular weight excluding hydrogens is 392 g/mol. The molecule has 3 aromatic rings. The number of halogens is 1. The molecule has 150 valence electrons. The largest absolute Gasteiger partial charge is 0.497 e. The van der Waals surface area contributed by atoms with Crippen molar-refractivity contribution in [2.75, 3.05) is 19.0 Å². The predicted molar refractivity (Wildman–Crippen MR) is 114 cm³/mol. The van der Waals surface area contributed by atoms with Gasteiger partial charge in [-0.05, 0) is 49.1 Å². The Morgan fingerprint density at radius 2 is 2.00 bits per heavy atom. The van der Waals surface area contributed by atoms with Gasteiger partial charge in [0.05, 0.1) is 23.3 Å². The van der Waals surface area contributed by atoms with Gasteiger partial charge in [-0.15, -0.1) is 0 Å². The fourth-order valence-electron chi connectivity index (χ4n) is 3.45. The second-order valence-corrected chi connectivity index (χ2v) is 7.60. The number of rotatable bonds is 7. The van der Waals surface area contributed by atoms with E-state index >= 15 is 0 Å². The van der Waals surface area contributed by atoms with Crippen LogP contribution in [0.3, 0.4) is 0 Å². The molecule has 1 heterocycles. The van der Waals surface area contributed by atoms with E-state index in [1.54, 1.807) is 19.2 Å². The lowest BCUT2D eigenvalue weighted by Crippen LogP contribution is -2.19. The quantitative estimate of drug-likeness (QED) is 0.603. The molecule has 0 aliphatic heterocycles. The first-order valence-corrected chi connectivity index (χ1v) is 9.84. The molecule has 0 spiro atoms. The zero-order chi connectivity index (χ0) is 20.5. The van der Waals surface area contributed by atoms with Crippen molar-refractivity contribution < 1.29 is 14.6 Å². The van der Waals surface area contributed by atoms with Crippen LogP contribution in [-0.2, 0) is 6.42 Å². The maximum Gasteiger partial charge on any atom is 0.341 e. The molecule has 2 aromatic carbocycles. The molecule has 0 atom stereocenters. The number of carboxylic acids is 1. The maximum atomic E-state index is 12.7. The minimum atomic E-state index is -1.21. The van der Waals surface area contributed by atoms with Gasteiger partial charge in [0.25, 0.3) is 0 Å². The molecular formula is C22H21ClN2O4. The van der Waals surface area contributed by atoms with Gasteiger partial charge in [-0.25, -0.2) is 4.79 Å². The lowest BCUT2D eigenvalue weighted by Gasteiger charge is -2.15. The Morgan fingerprint density at radius 1 is 1.28 bits per heavy atom. The molecule has 0 radical (unpaired) electrons. The monoisotopic (exact) mass is 412 g/mol. The molecule has 2 N–H and O–H groups in total. The third-order valence-corrected chi connectivity index (χ3v) is 5.49. The number of methoxy groups -OCH3 is 1. The number of hydrogen-bond donors (Lipinski definition) is 2. The first-order valence-electron chi connectivity index (χ1n) is 9.46. The van der Waals surface area contributed by atoms with Gasteiger partial charge in [0.2, 0.25) is 5.43 Å². The zero-order valence-electron chi connectivity index (χ0n) is 15.9. The normalized spacial score (nSPS) is 13.4. The van der Waals surface area contributed by atoms with E-state index in [4.69, 9.17) is 16.3 Å². The number of pyridine rings is 1. The van der Waals surface area contributed by atoms with Crippen LogP contribution >= 0.6 is 11.6 Å². The summed E-state index contributed by atoms with van der Waals surface area (Å²) in [5, 5.41) is 13.6. The number of aromatic carboxylic acids is 1. The lowest BCUT2D eigenvalue weighted by atomic mass is 10.1. The van der Waals surface area contributed by atoms with E-state index in [2.05, 4.69) is 5.32 Å².